The summed E-state index contributed by atoms with van der Waals surface area (Å²) in [6.45, 7) is 14.0. The molecule has 4 aromatic carbocycles. The molecule has 37 heavy (non-hydrogen) atoms. The molecule has 4 rings (SSSR count). The van der Waals surface area contributed by atoms with Gasteiger partial charge >= 0.3 is 0 Å². The van der Waals surface area contributed by atoms with E-state index >= 15 is 0 Å². The number of hydrogen-bond acceptors (Lipinski definition) is 0. The van der Waals surface area contributed by atoms with E-state index in [9.17, 15) is 22.0 Å². The lowest BCUT2D eigenvalue weighted by Gasteiger charge is -1.98. The Balaban J connectivity index is 0.000000248. The van der Waals surface area contributed by atoms with Crippen molar-refractivity contribution in [2.24, 2.45) is 0 Å². The van der Waals surface area contributed by atoms with Crippen molar-refractivity contribution in [3.63, 3.8) is 0 Å². The highest BCUT2D eigenvalue weighted by Gasteiger charge is 2.03. The Kier molecular flexibility index (Phi) is 12.7. The fraction of sp³-hybridized carbons (Fsp3) is 0.250. The summed E-state index contributed by atoms with van der Waals surface area (Å²) < 4.78 is 63.0. The fourth-order valence-corrected chi connectivity index (χ4v) is 2.85. The van der Waals surface area contributed by atoms with Crippen molar-refractivity contribution in [1.29, 1.82) is 0 Å². The molecule has 5 heteroatoms. The normalized spacial score (nSPS) is 9.76. The Morgan fingerprint density at radius 3 is 1.00 bits per heavy atom. The lowest BCUT2D eigenvalue weighted by atomic mass is 10.1. The molecule has 0 saturated heterocycles. The Hall–Kier alpha value is -3.47. The average Bonchev–Trinajstić information content (AvgIpc) is 2.82. The highest BCUT2D eigenvalue weighted by molar-refractivity contribution is 5.25. The highest BCUT2D eigenvalue weighted by Crippen LogP contribution is 2.13. The van der Waals surface area contributed by atoms with Gasteiger partial charge in [0, 0.05) is 5.56 Å². The molecular weight excluding hydrogens is 479 g/mol. The van der Waals surface area contributed by atoms with Crippen LogP contribution in [0.2, 0.25) is 0 Å². The van der Waals surface area contributed by atoms with Crippen LogP contribution in [0.4, 0.5) is 22.0 Å². The number of aryl methyl sites for hydroxylation is 7. The van der Waals surface area contributed by atoms with Crippen molar-refractivity contribution in [2.45, 2.75) is 55.4 Å². The second-order valence-corrected chi connectivity index (χ2v) is 9.11. The number of benzene rings is 4. The van der Waals surface area contributed by atoms with E-state index in [1.165, 1.54) is 62.2 Å². The maximum Gasteiger partial charge on any atom is 0.129 e. The van der Waals surface area contributed by atoms with Crippen molar-refractivity contribution in [1.82, 2.24) is 0 Å². The third-order valence-electron chi connectivity index (χ3n) is 5.41. The van der Waals surface area contributed by atoms with Crippen LogP contribution in [0, 0.1) is 84.5 Å². The molecule has 0 aliphatic heterocycles. The van der Waals surface area contributed by atoms with Crippen molar-refractivity contribution < 1.29 is 22.0 Å². The number of rotatable bonds is 0. The third-order valence-corrected chi connectivity index (χ3v) is 5.41. The Morgan fingerprint density at radius 2 is 0.649 bits per heavy atom. The molecule has 0 unspecified atom stereocenters. The molecule has 0 bridgehead atoms. The molecule has 0 amide bonds. The summed E-state index contributed by atoms with van der Waals surface area (Å²) >= 11 is 0. The Bertz CT molecular complexity index is 1200. The lowest BCUT2D eigenvalue weighted by molar-refractivity contribution is 0.566. The van der Waals surface area contributed by atoms with Gasteiger partial charge in [-0.15, -0.1) is 0 Å². The van der Waals surface area contributed by atoms with Crippen molar-refractivity contribution in [3.05, 3.63) is 140 Å². The molecule has 0 aliphatic rings. The van der Waals surface area contributed by atoms with Crippen LogP contribution in [0.1, 0.15) is 44.5 Å². The molecule has 0 spiro atoms. The molecule has 4 aromatic rings. The third kappa shape index (κ3) is 11.4. The van der Waals surface area contributed by atoms with E-state index in [-0.39, 0.29) is 23.0 Å². The minimum atomic E-state index is -0.475. The predicted octanol–water partition coefficient (Wildman–Crippen LogP) is 9.91. The summed E-state index contributed by atoms with van der Waals surface area (Å²) in [6, 6.07) is 18.7. The monoisotopic (exact) mass is 514 g/mol. The van der Waals surface area contributed by atoms with E-state index in [0.717, 1.165) is 5.56 Å². The van der Waals surface area contributed by atoms with Crippen LogP contribution in [0.3, 0.4) is 0 Å². The molecule has 0 atom stereocenters. The first-order valence-electron chi connectivity index (χ1n) is 11.8. The second kappa shape index (κ2) is 14.9. The zero-order valence-corrected chi connectivity index (χ0v) is 22.7. The van der Waals surface area contributed by atoms with Gasteiger partial charge in [-0.2, -0.15) is 0 Å². The van der Waals surface area contributed by atoms with E-state index in [1.54, 1.807) is 19.9 Å². The lowest BCUT2D eigenvalue weighted by Crippen LogP contribution is -1.88. The van der Waals surface area contributed by atoms with E-state index in [4.69, 9.17) is 0 Å². The van der Waals surface area contributed by atoms with E-state index in [2.05, 4.69) is 38.1 Å². The molecule has 0 aliphatic carbocycles. The molecule has 0 fully saturated rings. The Morgan fingerprint density at radius 1 is 0.324 bits per heavy atom. The first-order chi connectivity index (χ1) is 17.2. The zero-order valence-electron chi connectivity index (χ0n) is 22.7. The van der Waals surface area contributed by atoms with Crippen LogP contribution >= 0.6 is 0 Å². The standard InChI is InChI=1S/2C8H8F2.C8H9F.C8H10/c1-5-3-8(10)6(2)4-7(5)9;1-5-3-7(9)6(2)8(10)4-5;1-6-3-4-7(2)8(9)5-6;1-7-3-5-8(2)6-4-7/h2*3-4H,1-2H3;3-5H,1-2H3;3-6H,1-2H3. The second-order valence-electron chi connectivity index (χ2n) is 9.11. The summed E-state index contributed by atoms with van der Waals surface area (Å²) in [5, 5.41) is 0. The first kappa shape index (κ1) is 31.6. The molecule has 0 saturated carbocycles. The van der Waals surface area contributed by atoms with E-state index < -0.39 is 11.6 Å². The maximum atomic E-state index is 12.6. The van der Waals surface area contributed by atoms with Crippen LogP contribution in [-0.4, -0.2) is 0 Å². The quantitative estimate of drug-likeness (QED) is 0.205. The van der Waals surface area contributed by atoms with Gasteiger partial charge in [-0.1, -0.05) is 47.5 Å². The van der Waals surface area contributed by atoms with Gasteiger partial charge in [-0.25, -0.2) is 22.0 Å². The minimum absolute atomic E-state index is 0.0885. The van der Waals surface area contributed by atoms with Gasteiger partial charge in [0.25, 0.3) is 0 Å². The summed E-state index contributed by atoms with van der Waals surface area (Å²) in [7, 11) is 0. The molecule has 0 N–H and O–H groups in total. The Labute approximate surface area is 217 Å². The van der Waals surface area contributed by atoms with Crippen molar-refractivity contribution in [2.75, 3.05) is 0 Å². The summed E-state index contributed by atoms with van der Waals surface area (Å²) in [5.41, 5.74) is 5.74. The van der Waals surface area contributed by atoms with Gasteiger partial charge in [-0.05, 0) is 114 Å². The first-order valence-corrected chi connectivity index (χ1v) is 11.8. The van der Waals surface area contributed by atoms with Gasteiger partial charge in [0.15, 0.2) is 0 Å². The van der Waals surface area contributed by atoms with Crippen LogP contribution in [0.25, 0.3) is 0 Å². The number of hydrogen-bond donors (Lipinski definition) is 0. The van der Waals surface area contributed by atoms with Crippen LogP contribution in [-0.2, 0) is 0 Å². The molecule has 0 aromatic heterocycles. The van der Waals surface area contributed by atoms with Crippen LogP contribution in [0.5, 0.6) is 0 Å². The maximum absolute atomic E-state index is 12.6. The van der Waals surface area contributed by atoms with Gasteiger partial charge < -0.3 is 0 Å². The summed E-state index contributed by atoms with van der Waals surface area (Å²) in [5.74, 6) is -1.76. The van der Waals surface area contributed by atoms with Crippen LogP contribution in [0.15, 0.2) is 66.7 Å². The molecule has 0 radical (unpaired) electrons. The van der Waals surface area contributed by atoms with Gasteiger partial charge in [0.1, 0.15) is 29.1 Å². The van der Waals surface area contributed by atoms with Gasteiger partial charge in [0.2, 0.25) is 0 Å². The van der Waals surface area contributed by atoms with Crippen molar-refractivity contribution >= 4 is 0 Å². The van der Waals surface area contributed by atoms with E-state index in [1.807, 2.05) is 13.0 Å². The predicted molar refractivity (Wildman–Crippen MR) is 143 cm³/mol. The molecule has 0 nitrogen and oxygen atoms in total. The fourth-order valence-electron chi connectivity index (χ4n) is 2.85. The molecular formula is C32H35F5. The molecule has 0 heterocycles. The minimum Gasteiger partial charge on any atom is -0.207 e. The zero-order chi connectivity index (χ0) is 28.3. The molecule has 198 valence electrons. The largest absolute Gasteiger partial charge is 0.207 e. The van der Waals surface area contributed by atoms with Crippen LogP contribution < -0.4 is 0 Å². The summed E-state index contributed by atoms with van der Waals surface area (Å²) in [6.07, 6.45) is 0. The topological polar surface area (TPSA) is 0 Å². The van der Waals surface area contributed by atoms with Crippen molar-refractivity contribution in [3.8, 4) is 0 Å². The van der Waals surface area contributed by atoms with E-state index in [0.29, 0.717) is 22.3 Å². The van der Waals surface area contributed by atoms with Gasteiger partial charge in [-0.3, -0.25) is 0 Å². The highest BCUT2D eigenvalue weighted by atomic mass is 19.1. The SMILES string of the molecule is Cc1cc(F)c(C)c(F)c1.Cc1cc(F)c(C)cc1F.Cc1ccc(C)c(F)c1.Cc1ccc(C)cc1. The smallest absolute Gasteiger partial charge is 0.129 e. The summed E-state index contributed by atoms with van der Waals surface area (Å²) in [4.78, 5) is 0. The van der Waals surface area contributed by atoms with Gasteiger partial charge in [0.05, 0.1) is 0 Å². The average molecular weight is 515 g/mol. The number of halogens is 5.